The molecule has 1 fully saturated rings. The zero-order valence-electron chi connectivity index (χ0n) is 7.26. The lowest BCUT2D eigenvalue weighted by Crippen LogP contribution is -2.31. The Kier molecular flexibility index (Phi) is 3.22. The minimum absolute atomic E-state index is 0.215. The first-order valence-electron chi connectivity index (χ1n) is 4.12. The van der Waals surface area contributed by atoms with Crippen LogP contribution in [0.5, 0.6) is 0 Å². The summed E-state index contributed by atoms with van der Waals surface area (Å²) in [5.74, 6) is 0. The van der Waals surface area contributed by atoms with E-state index >= 15 is 0 Å². The first-order valence-corrected chi connectivity index (χ1v) is 5.35. The maximum absolute atomic E-state index is 8.97. The highest BCUT2D eigenvalue weighted by atomic mass is 32.2. The molecule has 66 valence electrons. The second-order valence-electron chi connectivity index (χ2n) is 3.37. The SMILES string of the molecule is CSC1(CNC[C@@H](C)O)CC1. The molecule has 0 aromatic rings. The van der Waals surface area contributed by atoms with Crippen LogP contribution in [0.3, 0.4) is 0 Å². The Morgan fingerprint density at radius 1 is 1.64 bits per heavy atom. The van der Waals surface area contributed by atoms with Crippen molar-refractivity contribution in [2.75, 3.05) is 19.3 Å². The highest BCUT2D eigenvalue weighted by Gasteiger charge is 2.41. The van der Waals surface area contributed by atoms with E-state index in [2.05, 4.69) is 11.6 Å². The lowest BCUT2D eigenvalue weighted by molar-refractivity contribution is 0.191. The van der Waals surface area contributed by atoms with E-state index in [1.165, 1.54) is 12.8 Å². The van der Waals surface area contributed by atoms with Crippen LogP contribution < -0.4 is 5.32 Å². The van der Waals surface area contributed by atoms with E-state index in [-0.39, 0.29) is 6.10 Å². The molecule has 0 aromatic carbocycles. The fourth-order valence-electron chi connectivity index (χ4n) is 1.10. The fraction of sp³-hybridized carbons (Fsp3) is 1.00. The van der Waals surface area contributed by atoms with E-state index in [0.29, 0.717) is 4.75 Å². The zero-order valence-corrected chi connectivity index (χ0v) is 8.08. The van der Waals surface area contributed by atoms with E-state index in [1.54, 1.807) is 0 Å². The maximum atomic E-state index is 8.97. The third kappa shape index (κ3) is 3.01. The number of hydrogen-bond donors (Lipinski definition) is 2. The Hall–Kier alpha value is 0.270. The molecule has 2 nitrogen and oxygen atoms in total. The molecule has 0 spiro atoms. The molecule has 1 aliphatic carbocycles. The molecule has 0 amide bonds. The van der Waals surface area contributed by atoms with Crippen LogP contribution in [0.4, 0.5) is 0 Å². The lowest BCUT2D eigenvalue weighted by Gasteiger charge is -2.13. The molecule has 0 saturated heterocycles. The van der Waals surface area contributed by atoms with Gasteiger partial charge in [0, 0.05) is 17.8 Å². The molecule has 0 bridgehead atoms. The van der Waals surface area contributed by atoms with Gasteiger partial charge in [0.25, 0.3) is 0 Å². The van der Waals surface area contributed by atoms with E-state index in [0.717, 1.165) is 13.1 Å². The number of thioether (sulfide) groups is 1. The summed E-state index contributed by atoms with van der Waals surface area (Å²) >= 11 is 1.95. The summed E-state index contributed by atoms with van der Waals surface area (Å²) in [5, 5.41) is 12.2. The molecule has 0 aromatic heterocycles. The summed E-state index contributed by atoms with van der Waals surface area (Å²) in [6.45, 7) is 3.59. The smallest absolute Gasteiger partial charge is 0.0636 e. The van der Waals surface area contributed by atoms with Crippen molar-refractivity contribution in [3.63, 3.8) is 0 Å². The van der Waals surface area contributed by atoms with Crippen molar-refractivity contribution in [2.45, 2.75) is 30.6 Å². The van der Waals surface area contributed by atoms with Crippen molar-refractivity contribution in [3.05, 3.63) is 0 Å². The topological polar surface area (TPSA) is 32.3 Å². The molecule has 1 rings (SSSR count). The monoisotopic (exact) mass is 175 g/mol. The van der Waals surface area contributed by atoms with E-state index < -0.39 is 0 Å². The van der Waals surface area contributed by atoms with Crippen LogP contribution in [0.1, 0.15) is 19.8 Å². The molecule has 11 heavy (non-hydrogen) atoms. The minimum Gasteiger partial charge on any atom is -0.392 e. The maximum Gasteiger partial charge on any atom is 0.0636 e. The van der Waals surface area contributed by atoms with Crippen molar-refractivity contribution < 1.29 is 5.11 Å². The molecule has 1 saturated carbocycles. The molecular weight excluding hydrogens is 158 g/mol. The van der Waals surface area contributed by atoms with Gasteiger partial charge in [0.05, 0.1) is 6.10 Å². The van der Waals surface area contributed by atoms with Crippen LogP contribution in [-0.4, -0.2) is 35.3 Å². The van der Waals surface area contributed by atoms with Crippen LogP contribution in [0, 0.1) is 0 Å². The predicted octanol–water partition coefficient (Wildman–Crippen LogP) is 0.852. The summed E-state index contributed by atoms with van der Waals surface area (Å²) in [7, 11) is 0. The lowest BCUT2D eigenvalue weighted by atomic mass is 10.3. The van der Waals surface area contributed by atoms with Gasteiger partial charge in [-0.25, -0.2) is 0 Å². The molecule has 0 aliphatic heterocycles. The summed E-state index contributed by atoms with van der Waals surface area (Å²) in [6.07, 6.45) is 4.62. The van der Waals surface area contributed by atoms with Gasteiger partial charge in [0.1, 0.15) is 0 Å². The number of rotatable bonds is 5. The van der Waals surface area contributed by atoms with E-state index in [9.17, 15) is 0 Å². The summed E-state index contributed by atoms with van der Waals surface area (Å²) in [4.78, 5) is 0. The first kappa shape index (κ1) is 9.36. The third-order valence-electron chi connectivity index (χ3n) is 2.13. The van der Waals surface area contributed by atoms with Crippen molar-refractivity contribution in [3.8, 4) is 0 Å². The highest BCUT2D eigenvalue weighted by Crippen LogP contribution is 2.46. The molecule has 0 heterocycles. The van der Waals surface area contributed by atoms with Crippen LogP contribution in [0.25, 0.3) is 0 Å². The normalized spacial score (nSPS) is 23.2. The Bertz CT molecular complexity index is 123. The van der Waals surface area contributed by atoms with Gasteiger partial charge in [-0.05, 0) is 26.0 Å². The number of aliphatic hydroxyl groups is 1. The van der Waals surface area contributed by atoms with Crippen molar-refractivity contribution in [1.29, 1.82) is 0 Å². The largest absolute Gasteiger partial charge is 0.392 e. The van der Waals surface area contributed by atoms with Crippen LogP contribution in [0.2, 0.25) is 0 Å². The van der Waals surface area contributed by atoms with E-state index in [1.807, 2.05) is 18.7 Å². The quantitative estimate of drug-likeness (QED) is 0.650. The van der Waals surface area contributed by atoms with E-state index in [4.69, 9.17) is 5.11 Å². The minimum atomic E-state index is -0.215. The number of aliphatic hydroxyl groups excluding tert-OH is 1. The summed E-state index contributed by atoms with van der Waals surface area (Å²) in [6, 6.07) is 0. The third-order valence-corrected chi connectivity index (χ3v) is 3.55. The number of nitrogens with one attached hydrogen (secondary N) is 1. The van der Waals surface area contributed by atoms with Gasteiger partial charge in [-0.15, -0.1) is 0 Å². The highest BCUT2D eigenvalue weighted by molar-refractivity contribution is 8.00. The van der Waals surface area contributed by atoms with Crippen LogP contribution in [0.15, 0.2) is 0 Å². The second-order valence-corrected chi connectivity index (χ2v) is 4.64. The Labute approximate surface area is 72.8 Å². The van der Waals surface area contributed by atoms with Gasteiger partial charge in [-0.2, -0.15) is 11.8 Å². The molecule has 3 heteroatoms. The Morgan fingerprint density at radius 3 is 2.64 bits per heavy atom. The zero-order chi connectivity index (χ0) is 8.32. The van der Waals surface area contributed by atoms with Crippen molar-refractivity contribution in [2.24, 2.45) is 0 Å². The molecule has 2 N–H and O–H groups in total. The Morgan fingerprint density at radius 2 is 2.27 bits per heavy atom. The van der Waals surface area contributed by atoms with Gasteiger partial charge in [-0.1, -0.05) is 0 Å². The predicted molar refractivity (Wildman–Crippen MR) is 50.0 cm³/mol. The van der Waals surface area contributed by atoms with Crippen molar-refractivity contribution in [1.82, 2.24) is 5.32 Å². The summed E-state index contributed by atoms with van der Waals surface area (Å²) < 4.78 is 0.523. The molecule has 1 atom stereocenters. The summed E-state index contributed by atoms with van der Waals surface area (Å²) in [5.41, 5.74) is 0. The number of hydrogen-bond acceptors (Lipinski definition) is 3. The second kappa shape index (κ2) is 3.78. The average Bonchev–Trinajstić information content (AvgIpc) is 2.69. The van der Waals surface area contributed by atoms with Crippen LogP contribution in [-0.2, 0) is 0 Å². The molecular formula is C8H17NOS. The van der Waals surface area contributed by atoms with Gasteiger partial charge in [0.15, 0.2) is 0 Å². The Balaban J connectivity index is 2.03. The standard InChI is InChI=1S/C8H17NOS/c1-7(10)5-9-6-8(11-2)3-4-8/h7,9-10H,3-6H2,1-2H3/t7-/m1/s1. The average molecular weight is 175 g/mol. The molecule has 1 aliphatic rings. The fourth-order valence-corrected chi connectivity index (χ4v) is 1.86. The van der Waals surface area contributed by atoms with Gasteiger partial charge in [0.2, 0.25) is 0 Å². The first-order chi connectivity index (χ1) is 5.18. The van der Waals surface area contributed by atoms with Crippen molar-refractivity contribution >= 4 is 11.8 Å². The molecule has 0 unspecified atom stereocenters. The van der Waals surface area contributed by atoms with Gasteiger partial charge < -0.3 is 10.4 Å². The van der Waals surface area contributed by atoms with Gasteiger partial charge >= 0.3 is 0 Å². The van der Waals surface area contributed by atoms with Gasteiger partial charge in [-0.3, -0.25) is 0 Å². The van der Waals surface area contributed by atoms with Crippen LogP contribution >= 0.6 is 11.8 Å². The molecule has 0 radical (unpaired) electrons.